The predicted octanol–water partition coefficient (Wildman–Crippen LogP) is -0.288. The van der Waals surface area contributed by atoms with Gasteiger partial charge in [0.2, 0.25) is 5.91 Å². The van der Waals surface area contributed by atoms with Gasteiger partial charge in [-0.05, 0) is 19.8 Å². The Morgan fingerprint density at radius 3 is 2.67 bits per heavy atom. The van der Waals surface area contributed by atoms with Crippen LogP contribution >= 0.6 is 0 Å². The van der Waals surface area contributed by atoms with Crippen molar-refractivity contribution >= 4 is 11.9 Å². The summed E-state index contributed by atoms with van der Waals surface area (Å²) in [4.78, 5) is 22.6. The van der Waals surface area contributed by atoms with E-state index in [1.54, 1.807) is 6.92 Å². The molecule has 0 fully saturated rings. The van der Waals surface area contributed by atoms with E-state index >= 15 is 0 Å². The van der Waals surface area contributed by atoms with Crippen molar-refractivity contribution in [1.82, 2.24) is 5.32 Å². The van der Waals surface area contributed by atoms with Crippen molar-refractivity contribution in [3.05, 3.63) is 12.2 Å². The second kappa shape index (κ2) is 5.50. The van der Waals surface area contributed by atoms with Gasteiger partial charge < -0.3 is 15.8 Å². The molecule has 0 saturated heterocycles. The highest BCUT2D eigenvalue weighted by Crippen LogP contribution is 2.08. The maximum Gasteiger partial charge on any atom is 0.332 e. The van der Waals surface area contributed by atoms with Gasteiger partial charge in [0, 0.05) is 6.04 Å². The van der Waals surface area contributed by atoms with Gasteiger partial charge in [0.05, 0.1) is 6.61 Å². The molecule has 15 heavy (non-hydrogen) atoms. The third-order valence-corrected chi connectivity index (χ3v) is 2.18. The van der Waals surface area contributed by atoms with Gasteiger partial charge >= 0.3 is 5.97 Å². The summed E-state index contributed by atoms with van der Waals surface area (Å²) in [7, 11) is 0. The molecule has 1 aliphatic carbocycles. The number of hydrogen-bond acceptors (Lipinski definition) is 4. The fourth-order valence-corrected chi connectivity index (χ4v) is 1.37. The monoisotopic (exact) mass is 212 g/mol. The normalized spacial score (nSPS) is 17.5. The summed E-state index contributed by atoms with van der Waals surface area (Å²) < 4.78 is 4.65. The third-order valence-electron chi connectivity index (χ3n) is 2.18. The minimum Gasteiger partial charge on any atom is -0.464 e. The number of esters is 1. The summed E-state index contributed by atoms with van der Waals surface area (Å²) in [5.41, 5.74) is 5.42. The van der Waals surface area contributed by atoms with E-state index in [9.17, 15) is 9.59 Å². The zero-order chi connectivity index (χ0) is 11.3. The van der Waals surface area contributed by atoms with E-state index in [1.807, 2.05) is 12.2 Å². The van der Waals surface area contributed by atoms with Gasteiger partial charge in [0.25, 0.3) is 0 Å². The maximum absolute atomic E-state index is 11.5. The molecule has 5 heteroatoms. The van der Waals surface area contributed by atoms with Crippen LogP contribution in [0.4, 0.5) is 0 Å². The van der Waals surface area contributed by atoms with E-state index in [1.165, 1.54) is 0 Å². The molecule has 1 atom stereocenters. The standard InChI is InChI=1S/C10H16N2O3/c1-2-15-10(14)8(11)9(13)12-7-5-3-4-6-7/h3-4,7-8H,2,5-6,11H2,1H3,(H,12,13). The number of amides is 1. The molecular formula is C10H16N2O3. The van der Waals surface area contributed by atoms with Gasteiger partial charge in [-0.15, -0.1) is 0 Å². The Bertz CT molecular complexity index is 268. The van der Waals surface area contributed by atoms with Crippen LogP contribution in [0.5, 0.6) is 0 Å². The number of rotatable bonds is 4. The van der Waals surface area contributed by atoms with Crippen LogP contribution in [0, 0.1) is 0 Å². The van der Waals surface area contributed by atoms with Crippen molar-refractivity contribution in [2.45, 2.75) is 31.8 Å². The molecule has 0 aliphatic heterocycles. The molecule has 1 amide bonds. The van der Waals surface area contributed by atoms with Gasteiger partial charge in [-0.2, -0.15) is 0 Å². The Kier molecular flexibility index (Phi) is 4.30. The molecular weight excluding hydrogens is 196 g/mol. The van der Waals surface area contributed by atoms with Crippen LogP contribution < -0.4 is 11.1 Å². The molecule has 0 spiro atoms. The molecule has 5 nitrogen and oxygen atoms in total. The summed E-state index contributed by atoms with van der Waals surface area (Å²) in [6, 6.07) is -1.15. The smallest absolute Gasteiger partial charge is 0.332 e. The largest absolute Gasteiger partial charge is 0.464 e. The molecule has 0 aromatic heterocycles. The minimum atomic E-state index is -1.22. The van der Waals surface area contributed by atoms with Gasteiger partial charge in [-0.1, -0.05) is 12.2 Å². The molecule has 0 aromatic carbocycles. The molecule has 0 saturated carbocycles. The molecule has 1 unspecified atom stereocenters. The average Bonchev–Trinajstić information content (AvgIpc) is 2.69. The summed E-state index contributed by atoms with van der Waals surface area (Å²) in [6.45, 7) is 1.90. The first kappa shape index (κ1) is 11.7. The number of carbonyl (C=O) groups excluding carboxylic acids is 2. The molecule has 0 radical (unpaired) electrons. The summed E-state index contributed by atoms with van der Waals surface area (Å²) in [5, 5.41) is 2.69. The summed E-state index contributed by atoms with van der Waals surface area (Å²) >= 11 is 0. The van der Waals surface area contributed by atoms with Crippen molar-refractivity contribution in [3.63, 3.8) is 0 Å². The van der Waals surface area contributed by atoms with Crippen LogP contribution in [0.3, 0.4) is 0 Å². The number of carbonyl (C=O) groups is 2. The lowest BCUT2D eigenvalue weighted by Crippen LogP contribution is -2.49. The average molecular weight is 212 g/mol. The molecule has 0 heterocycles. The minimum absolute atomic E-state index is 0.0676. The second-order valence-electron chi connectivity index (χ2n) is 3.38. The Hall–Kier alpha value is -1.36. The quantitative estimate of drug-likeness (QED) is 0.381. The van der Waals surface area contributed by atoms with Crippen molar-refractivity contribution < 1.29 is 14.3 Å². The highest BCUT2D eigenvalue weighted by atomic mass is 16.5. The maximum atomic E-state index is 11.5. The molecule has 0 bridgehead atoms. The first-order chi connectivity index (χ1) is 7.15. The van der Waals surface area contributed by atoms with E-state index in [-0.39, 0.29) is 12.6 Å². The van der Waals surface area contributed by atoms with Crippen LogP contribution in [0.2, 0.25) is 0 Å². The molecule has 0 aromatic rings. The van der Waals surface area contributed by atoms with Crippen molar-refractivity contribution in [2.24, 2.45) is 5.73 Å². The fourth-order valence-electron chi connectivity index (χ4n) is 1.37. The number of nitrogens with one attached hydrogen (secondary N) is 1. The van der Waals surface area contributed by atoms with Crippen molar-refractivity contribution in [1.29, 1.82) is 0 Å². The van der Waals surface area contributed by atoms with Gasteiger partial charge in [-0.25, -0.2) is 4.79 Å². The SMILES string of the molecule is CCOC(=O)C(N)C(=O)NC1CC=CC1. The number of ether oxygens (including phenoxy) is 1. The van der Waals surface area contributed by atoms with Gasteiger partial charge in [-0.3, -0.25) is 4.79 Å². The zero-order valence-corrected chi connectivity index (χ0v) is 8.73. The highest BCUT2D eigenvalue weighted by Gasteiger charge is 2.25. The van der Waals surface area contributed by atoms with Crippen molar-refractivity contribution in [3.8, 4) is 0 Å². The van der Waals surface area contributed by atoms with Crippen LogP contribution in [-0.4, -0.2) is 30.6 Å². The van der Waals surface area contributed by atoms with Crippen LogP contribution in [0.25, 0.3) is 0 Å². The molecule has 84 valence electrons. The lowest BCUT2D eigenvalue weighted by atomic mass is 10.2. The third kappa shape index (κ3) is 3.36. The summed E-state index contributed by atoms with van der Waals surface area (Å²) in [5.74, 6) is -1.15. The lowest BCUT2D eigenvalue weighted by molar-refractivity contribution is -0.148. The highest BCUT2D eigenvalue weighted by molar-refractivity contribution is 6.01. The topological polar surface area (TPSA) is 81.4 Å². The Morgan fingerprint density at radius 2 is 2.13 bits per heavy atom. The molecule has 3 N–H and O–H groups in total. The Balaban J connectivity index is 2.35. The van der Waals surface area contributed by atoms with Crippen LogP contribution in [-0.2, 0) is 14.3 Å². The summed E-state index contributed by atoms with van der Waals surface area (Å²) in [6.07, 6.45) is 5.56. The van der Waals surface area contributed by atoms with Crippen LogP contribution in [0.15, 0.2) is 12.2 Å². The number of nitrogens with two attached hydrogens (primary N) is 1. The van der Waals surface area contributed by atoms with E-state index in [2.05, 4.69) is 10.1 Å². The molecule has 1 aliphatic rings. The molecule has 1 rings (SSSR count). The van der Waals surface area contributed by atoms with Crippen molar-refractivity contribution in [2.75, 3.05) is 6.61 Å². The Morgan fingerprint density at radius 1 is 1.53 bits per heavy atom. The van der Waals surface area contributed by atoms with Gasteiger partial charge in [0.1, 0.15) is 0 Å². The number of hydrogen-bond donors (Lipinski definition) is 2. The second-order valence-corrected chi connectivity index (χ2v) is 3.38. The fraction of sp³-hybridized carbons (Fsp3) is 0.600. The van der Waals surface area contributed by atoms with Gasteiger partial charge in [0.15, 0.2) is 6.04 Å². The zero-order valence-electron chi connectivity index (χ0n) is 8.73. The first-order valence-electron chi connectivity index (χ1n) is 5.02. The van der Waals surface area contributed by atoms with E-state index in [0.717, 1.165) is 12.8 Å². The van der Waals surface area contributed by atoms with E-state index in [0.29, 0.717) is 0 Å². The van der Waals surface area contributed by atoms with E-state index in [4.69, 9.17) is 5.73 Å². The first-order valence-corrected chi connectivity index (χ1v) is 5.02. The van der Waals surface area contributed by atoms with Crippen LogP contribution in [0.1, 0.15) is 19.8 Å². The predicted molar refractivity (Wildman–Crippen MR) is 54.9 cm³/mol. The van der Waals surface area contributed by atoms with E-state index < -0.39 is 17.9 Å². The lowest BCUT2D eigenvalue weighted by Gasteiger charge is -2.15. The Labute approximate surface area is 88.7 Å².